The van der Waals surface area contributed by atoms with E-state index in [0.29, 0.717) is 12.2 Å². The number of rotatable bonds is 4. The second-order valence-corrected chi connectivity index (χ2v) is 6.37. The van der Waals surface area contributed by atoms with E-state index in [2.05, 4.69) is 15.3 Å². The Morgan fingerprint density at radius 3 is 2.86 bits per heavy atom. The first-order valence-corrected chi connectivity index (χ1v) is 8.14. The van der Waals surface area contributed by atoms with Gasteiger partial charge in [-0.15, -0.1) is 11.3 Å². The van der Waals surface area contributed by atoms with Gasteiger partial charge in [-0.2, -0.15) is 0 Å². The van der Waals surface area contributed by atoms with Crippen LogP contribution < -0.4 is 5.73 Å². The topological polar surface area (TPSA) is 68.5 Å². The van der Waals surface area contributed by atoms with Gasteiger partial charge in [-0.05, 0) is 24.6 Å². The summed E-state index contributed by atoms with van der Waals surface area (Å²) in [6.07, 6.45) is 0.0531. The van der Waals surface area contributed by atoms with Crippen LogP contribution in [0.4, 0.5) is 0 Å². The van der Waals surface area contributed by atoms with Crippen molar-refractivity contribution in [2.75, 3.05) is 19.7 Å². The molecule has 2 heterocycles. The Morgan fingerprint density at radius 1 is 1.45 bits per heavy atom. The monoisotopic (exact) mass is 317 g/mol. The third-order valence-corrected chi connectivity index (χ3v) is 4.76. The van der Waals surface area contributed by atoms with E-state index in [0.717, 1.165) is 30.3 Å². The highest BCUT2D eigenvalue weighted by Gasteiger charge is 2.24. The molecule has 0 saturated carbocycles. The molecule has 6 heteroatoms. The Balaban J connectivity index is 1.63. The molecule has 2 aromatic rings. The molecule has 1 aliphatic heterocycles. The van der Waals surface area contributed by atoms with E-state index in [1.54, 1.807) is 23.5 Å². The van der Waals surface area contributed by atoms with Gasteiger partial charge in [-0.25, -0.2) is 4.98 Å². The number of carbonyl (C=O) groups excluding carboxylic acids is 1. The largest absolute Gasteiger partial charge is 0.368 e. The van der Waals surface area contributed by atoms with Crippen molar-refractivity contribution in [3.8, 4) is 0 Å². The second kappa shape index (κ2) is 6.56. The van der Waals surface area contributed by atoms with E-state index in [1.807, 2.05) is 19.1 Å². The van der Waals surface area contributed by atoms with Gasteiger partial charge in [0.05, 0.1) is 6.61 Å². The van der Waals surface area contributed by atoms with Crippen LogP contribution in [0.3, 0.4) is 0 Å². The number of hydrogen-bond donors (Lipinski definition) is 1. The summed E-state index contributed by atoms with van der Waals surface area (Å²) < 4.78 is 5.84. The third kappa shape index (κ3) is 3.52. The first-order chi connectivity index (χ1) is 10.6. The van der Waals surface area contributed by atoms with Crippen LogP contribution in [0.15, 0.2) is 29.6 Å². The third-order valence-electron chi connectivity index (χ3n) is 3.71. The number of thiazole rings is 1. The maximum Gasteiger partial charge on any atom is 0.248 e. The highest BCUT2D eigenvalue weighted by atomic mass is 32.1. The lowest BCUT2D eigenvalue weighted by molar-refractivity contribution is -0.0330. The number of nitrogens with two attached hydrogens (primary N) is 1. The summed E-state index contributed by atoms with van der Waals surface area (Å²) in [7, 11) is 0. The minimum absolute atomic E-state index is 0.0531. The molecular formula is C16H19N3O2S. The predicted molar refractivity (Wildman–Crippen MR) is 85.8 cm³/mol. The van der Waals surface area contributed by atoms with Gasteiger partial charge in [0.25, 0.3) is 0 Å². The summed E-state index contributed by atoms with van der Waals surface area (Å²) in [5.41, 5.74) is 8.02. The van der Waals surface area contributed by atoms with Crippen LogP contribution in [-0.2, 0) is 11.3 Å². The molecule has 1 aromatic heterocycles. The molecule has 1 aromatic carbocycles. The fraction of sp³-hybridized carbons (Fsp3) is 0.375. The Morgan fingerprint density at radius 2 is 2.23 bits per heavy atom. The molecule has 1 atom stereocenters. The maximum atomic E-state index is 11.1. The highest BCUT2D eigenvalue weighted by molar-refractivity contribution is 7.09. The quantitative estimate of drug-likeness (QED) is 0.938. The number of morpholine rings is 1. The van der Waals surface area contributed by atoms with Crippen LogP contribution in [0.1, 0.15) is 32.7 Å². The summed E-state index contributed by atoms with van der Waals surface area (Å²) >= 11 is 1.66. The van der Waals surface area contributed by atoms with Crippen molar-refractivity contribution < 1.29 is 9.53 Å². The summed E-state index contributed by atoms with van der Waals surface area (Å²) in [5.74, 6) is -0.392. The van der Waals surface area contributed by atoms with Crippen molar-refractivity contribution in [1.29, 1.82) is 0 Å². The lowest BCUT2D eigenvalue weighted by Gasteiger charge is -2.32. The van der Waals surface area contributed by atoms with E-state index in [4.69, 9.17) is 10.5 Å². The molecule has 0 bridgehead atoms. The number of carbonyl (C=O) groups is 1. The maximum absolute atomic E-state index is 11.1. The fourth-order valence-electron chi connectivity index (χ4n) is 2.55. The summed E-state index contributed by atoms with van der Waals surface area (Å²) in [5, 5.41) is 3.10. The molecule has 0 radical (unpaired) electrons. The first kappa shape index (κ1) is 15.1. The number of aryl methyl sites for hydroxylation is 1. The Labute approximate surface area is 133 Å². The van der Waals surface area contributed by atoms with Gasteiger partial charge < -0.3 is 10.5 Å². The SMILES string of the molecule is Cc1csc([C@@H]2CN(Cc3ccc(C(N)=O)cc3)CCO2)n1. The van der Waals surface area contributed by atoms with E-state index in [1.165, 1.54) is 5.56 Å². The Kier molecular flexibility index (Phi) is 4.52. The number of ether oxygens (including phenoxy) is 1. The normalized spacial score (nSPS) is 19.2. The molecule has 0 spiro atoms. The molecule has 0 unspecified atom stereocenters. The zero-order valence-corrected chi connectivity index (χ0v) is 13.3. The van der Waals surface area contributed by atoms with Crippen molar-refractivity contribution in [3.63, 3.8) is 0 Å². The van der Waals surface area contributed by atoms with Crippen molar-refractivity contribution in [2.45, 2.75) is 19.6 Å². The number of primary amides is 1. The molecule has 1 saturated heterocycles. The van der Waals surface area contributed by atoms with Gasteiger partial charge in [-0.3, -0.25) is 9.69 Å². The Bertz CT molecular complexity index is 654. The average Bonchev–Trinajstić information content (AvgIpc) is 2.95. The smallest absolute Gasteiger partial charge is 0.248 e. The van der Waals surface area contributed by atoms with E-state index >= 15 is 0 Å². The molecular weight excluding hydrogens is 298 g/mol. The van der Waals surface area contributed by atoms with E-state index in [-0.39, 0.29) is 6.10 Å². The summed E-state index contributed by atoms with van der Waals surface area (Å²) in [6.45, 7) is 5.29. The Hall–Kier alpha value is -1.76. The van der Waals surface area contributed by atoms with Gasteiger partial charge >= 0.3 is 0 Å². The molecule has 0 aliphatic carbocycles. The number of amides is 1. The van der Waals surface area contributed by atoms with Crippen LogP contribution >= 0.6 is 11.3 Å². The predicted octanol–water partition coefficient (Wildman–Crippen LogP) is 2.12. The molecule has 1 amide bonds. The van der Waals surface area contributed by atoms with Crippen LogP contribution in [0, 0.1) is 6.92 Å². The number of benzene rings is 1. The molecule has 116 valence electrons. The first-order valence-electron chi connectivity index (χ1n) is 7.26. The van der Waals surface area contributed by atoms with Gasteiger partial charge in [0, 0.05) is 36.3 Å². The minimum atomic E-state index is -0.392. The van der Waals surface area contributed by atoms with Crippen LogP contribution in [0.5, 0.6) is 0 Å². The van der Waals surface area contributed by atoms with Gasteiger partial charge in [0.1, 0.15) is 11.1 Å². The van der Waals surface area contributed by atoms with Crippen LogP contribution in [0.25, 0.3) is 0 Å². The molecule has 2 N–H and O–H groups in total. The van der Waals surface area contributed by atoms with Crippen LogP contribution in [-0.4, -0.2) is 35.5 Å². The lowest BCUT2D eigenvalue weighted by Crippen LogP contribution is -2.37. The van der Waals surface area contributed by atoms with Crippen molar-refractivity contribution in [3.05, 3.63) is 51.5 Å². The highest BCUT2D eigenvalue weighted by Crippen LogP contribution is 2.26. The van der Waals surface area contributed by atoms with E-state index < -0.39 is 5.91 Å². The lowest BCUT2D eigenvalue weighted by atomic mass is 10.1. The van der Waals surface area contributed by atoms with Crippen molar-refractivity contribution in [1.82, 2.24) is 9.88 Å². The standard InChI is InChI=1S/C16H19N3O2S/c1-11-10-22-16(18-11)14-9-19(6-7-21-14)8-12-2-4-13(5-3-12)15(17)20/h2-5,10,14H,6-9H2,1H3,(H2,17,20)/t14-/m0/s1. The number of nitrogens with zero attached hydrogens (tertiary/aromatic N) is 2. The van der Waals surface area contributed by atoms with Crippen molar-refractivity contribution >= 4 is 17.2 Å². The molecule has 5 nitrogen and oxygen atoms in total. The van der Waals surface area contributed by atoms with Gasteiger partial charge in [-0.1, -0.05) is 12.1 Å². The second-order valence-electron chi connectivity index (χ2n) is 5.48. The molecule has 3 rings (SSSR count). The zero-order chi connectivity index (χ0) is 15.5. The number of hydrogen-bond acceptors (Lipinski definition) is 5. The minimum Gasteiger partial charge on any atom is -0.368 e. The van der Waals surface area contributed by atoms with Crippen molar-refractivity contribution in [2.24, 2.45) is 5.73 Å². The average molecular weight is 317 g/mol. The zero-order valence-electron chi connectivity index (χ0n) is 12.5. The van der Waals surface area contributed by atoms with Gasteiger partial charge in [0.15, 0.2) is 0 Å². The van der Waals surface area contributed by atoms with Gasteiger partial charge in [0.2, 0.25) is 5.91 Å². The summed E-state index contributed by atoms with van der Waals surface area (Å²) in [4.78, 5) is 18.0. The summed E-state index contributed by atoms with van der Waals surface area (Å²) in [6, 6.07) is 7.47. The van der Waals surface area contributed by atoms with E-state index in [9.17, 15) is 4.79 Å². The molecule has 1 fully saturated rings. The number of aromatic nitrogens is 1. The fourth-order valence-corrected chi connectivity index (χ4v) is 3.38. The molecule has 22 heavy (non-hydrogen) atoms. The van der Waals surface area contributed by atoms with Crippen LogP contribution in [0.2, 0.25) is 0 Å². The molecule has 1 aliphatic rings.